The highest BCUT2D eigenvalue weighted by Crippen LogP contribution is 2.29. The maximum Gasteiger partial charge on any atom is 0.234 e. The lowest BCUT2D eigenvalue weighted by atomic mass is 10.1. The van der Waals surface area contributed by atoms with Gasteiger partial charge in [-0.3, -0.25) is 14.3 Å². The number of aryl methyl sites for hydroxylation is 2. The number of halogens is 1. The molecule has 4 rings (SSSR count). The first-order chi connectivity index (χ1) is 15.0. The summed E-state index contributed by atoms with van der Waals surface area (Å²) < 4.78 is 1.95. The van der Waals surface area contributed by atoms with Gasteiger partial charge in [0.25, 0.3) is 0 Å². The standard InChI is InChI=1S/C23H20ClN5OS/c1-15-10-11-20(16(2)13-15)29-22(19-9-5-6-12-25-19)27-28-23(29)31-14-21(30)26-18-8-4-3-7-17(18)24/h3-13H,14H2,1-2H3,(H,26,30). The zero-order valence-electron chi connectivity index (χ0n) is 17.0. The van der Waals surface area contributed by atoms with E-state index in [-0.39, 0.29) is 11.7 Å². The Hall–Kier alpha value is -3.16. The monoisotopic (exact) mass is 449 g/mol. The number of para-hydroxylation sites is 1. The largest absolute Gasteiger partial charge is 0.324 e. The minimum absolute atomic E-state index is 0.163. The topological polar surface area (TPSA) is 72.7 Å². The first-order valence-corrected chi connectivity index (χ1v) is 11.0. The molecule has 0 radical (unpaired) electrons. The number of rotatable bonds is 6. The molecular weight excluding hydrogens is 430 g/mol. The molecule has 0 bridgehead atoms. The Bertz CT molecular complexity index is 1230. The molecule has 2 aromatic carbocycles. The molecule has 4 aromatic rings. The van der Waals surface area contributed by atoms with Gasteiger partial charge in [0.05, 0.1) is 22.2 Å². The van der Waals surface area contributed by atoms with E-state index in [1.165, 1.54) is 17.3 Å². The summed E-state index contributed by atoms with van der Waals surface area (Å²) in [4.78, 5) is 16.9. The Morgan fingerprint density at radius 2 is 1.87 bits per heavy atom. The van der Waals surface area contributed by atoms with Crippen molar-refractivity contribution in [2.45, 2.75) is 19.0 Å². The van der Waals surface area contributed by atoms with Crippen LogP contribution in [0.1, 0.15) is 11.1 Å². The Morgan fingerprint density at radius 3 is 2.61 bits per heavy atom. The molecule has 2 heterocycles. The van der Waals surface area contributed by atoms with Crippen molar-refractivity contribution in [3.63, 3.8) is 0 Å². The van der Waals surface area contributed by atoms with E-state index in [1.54, 1.807) is 18.3 Å². The highest BCUT2D eigenvalue weighted by Gasteiger charge is 2.19. The van der Waals surface area contributed by atoms with Crippen molar-refractivity contribution in [3.8, 4) is 17.2 Å². The van der Waals surface area contributed by atoms with Gasteiger partial charge in [-0.1, -0.05) is 59.3 Å². The number of carbonyl (C=O) groups is 1. The summed E-state index contributed by atoms with van der Waals surface area (Å²) in [6.45, 7) is 4.10. The van der Waals surface area contributed by atoms with E-state index in [4.69, 9.17) is 11.6 Å². The van der Waals surface area contributed by atoms with Crippen LogP contribution in [0.3, 0.4) is 0 Å². The number of anilines is 1. The van der Waals surface area contributed by atoms with E-state index in [2.05, 4.69) is 33.5 Å². The van der Waals surface area contributed by atoms with Crippen molar-refractivity contribution in [3.05, 3.63) is 83.0 Å². The van der Waals surface area contributed by atoms with Gasteiger partial charge < -0.3 is 5.32 Å². The van der Waals surface area contributed by atoms with E-state index >= 15 is 0 Å². The Morgan fingerprint density at radius 1 is 1.06 bits per heavy atom. The molecule has 0 saturated carbocycles. The minimum Gasteiger partial charge on any atom is -0.324 e. The third kappa shape index (κ3) is 4.78. The molecule has 31 heavy (non-hydrogen) atoms. The van der Waals surface area contributed by atoms with Gasteiger partial charge in [-0.15, -0.1) is 10.2 Å². The summed E-state index contributed by atoms with van der Waals surface area (Å²) in [5.41, 5.74) is 4.49. The number of amides is 1. The van der Waals surface area contributed by atoms with Crippen LogP contribution in [-0.4, -0.2) is 31.4 Å². The van der Waals surface area contributed by atoms with Crippen LogP contribution in [0.5, 0.6) is 0 Å². The van der Waals surface area contributed by atoms with Gasteiger partial charge in [-0.2, -0.15) is 0 Å². The first kappa shape index (κ1) is 21.1. The lowest BCUT2D eigenvalue weighted by molar-refractivity contribution is -0.113. The molecule has 2 aromatic heterocycles. The number of pyridine rings is 1. The van der Waals surface area contributed by atoms with Gasteiger partial charge >= 0.3 is 0 Å². The van der Waals surface area contributed by atoms with Crippen molar-refractivity contribution in [1.82, 2.24) is 19.7 Å². The molecule has 0 spiro atoms. The molecule has 0 unspecified atom stereocenters. The summed E-state index contributed by atoms with van der Waals surface area (Å²) in [5, 5.41) is 12.7. The number of hydrogen-bond acceptors (Lipinski definition) is 5. The van der Waals surface area contributed by atoms with Crippen molar-refractivity contribution in [2.75, 3.05) is 11.1 Å². The van der Waals surface area contributed by atoms with Crippen molar-refractivity contribution >= 4 is 35.0 Å². The Labute approximate surface area is 189 Å². The van der Waals surface area contributed by atoms with Crippen LogP contribution in [-0.2, 0) is 4.79 Å². The molecule has 0 aliphatic carbocycles. The van der Waals surface area contributed by atoms with Gasteiger partial charge in [0, 0.05) is 6.20 Å². The Kier molecular flexibility index (Phi) is 6.34. The van der Waals surface area contributed by atoms with Gasteiger partial charge in [-0.25, -0.2) is 0 Å². The molecule has 0 aliphatic rings. The maximum absolute atomic E-state index is 12.5. The van der Waals surface area contributed by atoms with Crippen LogP contribution >= 0.6 is 23.4 Å². The van der Waals surface area contributed by atoms with E-state index in [0.29, 0.717) is 27.4 Å². The van der Waals surface area contributed by atoms with Crippen LogP contribution in [0.4, 0.5) is 5.69 Å². The maximum atomic E-state index is 12.5. The van der Waals surface area contributed by atoms with Crippen molar-refractivity contribution < 1.29 is 4.79 Å². The molecule has 0 fully saturated rings. The predicted octanol–water partition coefficient (Wildman–Crippen LogP) is 5.33. The predicted molar refractivity (Wildman–Crippen MR) is 125 cm³/mol. The molecule has 0 aliphatic heterocycles. The van der Waals surface area contributed by atoms with Gasteiger partial charge in [0.15, 0.2) is 11.0 Å². The normalized spacial score (nSPS) is 10.8. The number of nitrogens with one attached hydrogen (secondary N) is 1. The van der Waals surface area contributed by atoms with Crippen LogP contribution in [0, 0.1) is 13.8 Å². The Balaban J connectivity index is 1.64. The molecular formula is C23H20ClN5OS. The van der Waals surface area contributed by atoms with Crippen LogP contribution in [0.15, 0.2) is 72.0 Å². The van der Waals surface area contributed by atoms with E-state index in [9.17, 15) is 4.79 Å². The second-order valence-electron chi connectivity index (χ2n) is 6.96. The van der Waals surface area contributed by atoms with Gasteiger partial charge in [-0.05, 0) is 49.7 Å². The average molecular weight is 450 g/mol. The molecule has 1 N–H and O–H groups in total. The first-order valence-electron chi connectivity index (χ1n) is 9.64. The number of benzene rings is 2. The highest BCUT2D eigenvalue weighted by atomic mass is 35.5. The molecule has 0 saturated heterocycles. The van der Waals surface area contributed by atoms with Gasteiger partial charge in [0.1, 0.15) is 5.69 Å². The van der Waals surface area contributed by atoms with Crippen molar-refractivity contribution in [2.24, 2.45) is 0 Å². The van der Waals surface area contributed by atoms with Crippen LogP contribution in [0.2, 0.25) is 5.02 Å². The number of thioether (sulfide) groups is 1. The van der Waals surface area contributed by atoms with E-state index in [1.807, 2.05) is 54.0 Å². The average Bonchev–Trinajstić information content (AvgIpc) is 3.18. The number of hydrogen-bond donors (Lipinski definition) is 1. The third-order valence-electron chi connectivity index (χ3n) is 4.60. The fourth-order valence-electron chi connectivity index (χ4n) is 3.18. The van der Waals surface area contributed by atoms with E-state index in [0.717, 1.165) is 11.3 Å². The lowest BCUT2D eigenvalue weighted by Gasteiger charge is -2.13. The quantitative estimate of drug-likeness (QED) is 0.403. The smallest absolute Gasteiger partial charge is 0.234 e. The van der Waals surface area contributed by atoms with Crippen LogP contribution in [0.25, 0.3) is 17.2 Å². The summed E-state index contributed by atoms with van der Waals surface area (Å²) in [6, 6.07) is 19.0. The van der Waals surface area contributed by atoms with Crippen molar-refractivity contribution in [1.29, 1.82) is 0 Å². The van der Waals surface area contributed by atoms with Gasteiger partial charge in [0.2, 0.25) is 5.91 Å². The number of carbonyl (C=O) groups excluding carboxylic acids is 1. The minimum atomic E-state index is -0.173. The zero-order valence-corrected chi connectivity index (χ0v) is 18.6. The van der Waals surface area contributed by atoms with Crippen LogP contribution < -0.4 is 5.32 Å². The second-order valence-corrected chi connectivity index (χ2v) is 8.31. The molecule has 8 heteroatoms. The third-order valence-corrected chi connectivity index (χ3v) is 5.86. The zero-order chi connectivity index (χ0) is 21.8. The van der Waals surface area contributed by atoms with E-state index < -0.39 is 0 Å². The molecule has 6 nitrogen and oxygen atoms in total. The molecule has 0 atom stereocenters. The fourth-order valence-corrected chi connectivity index (χ4v) is 4.10. The summed E-state index contributed by atoms with van der Waals surface area (Å²) in [5.74, 6) is 0.616. The SMILES string of the molecule is Cc1ccc(-n2c(SCC(=O)Nc3ccccc3Cl)nnc2-c2ccccn2)c(C)c1. The molecule has 1 amide bonds. The number of nitrogens with zero attached hydrogens (tertiary/aromatic N) is 4. The highest BCUT2D eigenvalue weighted by molar-refractivity contribution is 7.99. The second kappa shape index (κ2) is 9.32. The summed E-state index contributed by atoms with van der Waals surface area (Å²) >= 11 is 7.45. The number of aromatic nitrogens is 4. The molecule has 156 valence electrons. The fraction of sp³-hybridized carbons (Fsp3) is 0.130. The summed E-state index contributed by atoms with van der Waals surface area (Å²) in [6.07, 6.45) is 1.72. The lowest BCUT2D eigenvalue weighted by Crippen LogP contribution is -2.15. The summed E-state index contributed by atoms with van der Waals surface area (Å²) in [7, 11) is 0.